The topological polar surface area (TPSA) is 58.1 Å². The zero-order chi connectivity index (χ0) is 14.5. The fourth-order valence-electron chi connectivity index (χ4n) is 2.48. The van der Waals surface area contributed by atoms with Crippen LogP contribution >= 0.6 is 0 Å². The molecule has 1 aliphatic heterocycles. The lowest BCUT2D eigenvalue weighted by Gasteiger charge is -2.17. The fourth-order valence-corrected chi connectivity index (χ4v) is 2.48. The lowest BCUT2D eigenvalue weighted by atomic mass is 10.2. The highest BCUT2D eigenvalue weighted by Gasteiger charge is 2.14. The van der Waals surface area contributed by atoms with Crippen molar-refractivity contribution in [2.75, 3.05) is 18.0 Å². The molecular weight excluding hydrogens is 264 g/mol. The van der Waals surface area contributed by atoms with E-state index in [1.165, 1.54) is 12.8 Å². The predicted octanol–water partition coefficient (Wildman–Crippen LogP) is 2.01. The van der Waals surface area contributed by atoms with Gasteiger partial charge in [-0.15, -0.1) is 0 Å². The first-order valence-electron chi connectivity index (χ1n) is 7.21. The molecule has 1 aliphatic rings. The Morgan fingerprint density at radius 3 is 2.86 bits per heavy atom. The number of nitrogens with zero attached hydrogens (tertiary/aromatic N) is 3. The van der Waals surface area contributed by atoms with Gasteiger partial charge in [-0.1, -0.05) is 6.07 Å². The fraction of sp³-hybridized carbons (Fsp3) is 0.312. The maximum atomic E-state index is 12.2. The van der Waals surface area contributed by atoms with Gasteiger partial charge in [-0.2, -0.15) is 0 Å². The van der Waals surface area contributed by atoms with E-state index in [2.05, 4.69) is 20.2 Å². The van der Waals surface area contributed by atoms with E-state index in [1.54, 1.807) is 12.4 Å². The normalized spacial score (nSPS) is 14.2. The molecule has 108 valence electrons. The van der Waals surface area contributed by atoms with Gasteiger partial charge in [-0.25, -0.2) is 0 Å². The number of amides is 1. The van der Waals surface area contributed by atoms with Crippen LogP contribution in [-0.4, -0.2) is 29.0 Å². The Morgan fingerprint density at radius 2 is 2.10 bits per heavy atom. The molecule has 1 saturated heterocycles. The summed E-state index contributed by atoms with van der Waals surface area (Å²) in [5.41, 5.74) is 2.46. The maximum Gasteiger partial charge on any atom is 0.253 e. The molecule has 3 heterocycles. The van der Waals surface area contributed by atoms with Gasteiger partial charge in [0.1, 0.15) is 0 Å². The highest BCUT2D eigenvalue weighted by Crippen LogP contribution is 2.19. The zero-order valence-corrected chi connectivity index (χ0v) is 11.8. The van der Waals surface area contributed by atoms with E-state index in [4.69, 9.17) is 0 Å². The zero-order valence-electron chi connectivity index (χ0n) is 11.8. The Morgan fingerprint density at radius 1 is 1.24 bits per heavy atom. The van der Waals surface area contributed by atoms with Gasteiger partial charge in [0.15, 0.2) is 0 Å². The van der Waals surface area contributed by atoms with Crippen molar-refractivity contribution < 1.29 is 4.79 Å². The molecule has 0 atom stereocenters. The summed E-state index contributed by atoms with van der Waals surface area (Å²) in [4.78, 5) is 22.8. The monoisotopic (exact) mass is 282 g/mol. The van der Waals surface area contributed by atoms with Crippen molar-refractivity contribution in [2.24, 2.45) is 0 Å². The highest BCUT2D eigenvalue weighted by atomic mass is 16.1. The Labute approximate surface area is 124 Å². The molecule has 0 radical (unpaired) electrons. The summed E-state index contributed by atoms with van der Waals surface area (Å²) in [7, 11) is 0. The van der Waals surface area contributed by atoms with E-state index >= 15 is 0 Å². The Hall–Kier alpha value is -2.43. The number of carbonyl (C=O) groups excluding carboxylic acids is 1. The summed E-state index contributed by atoms with van der Waals surface area (Å²) in [5.74, 6) is -0.116. The van der Waals surface area contributed by atoms with Crippen molar-refractivity contribution in [1.82, 2.24) is 15.3 Å². The molecule has 0 saturated carbocycles. The number of hydrogen-bond donors (Lipinski definition) is 1. The molecule has 0 aromatic carbocycles. The van der Waals surface area contributed by atoms with Crippen LogP contribution in [0.5, 0.6) is 0 Å². The van der Waals surface area contributed by atoms with Gasteiger partial charge in [0.2, 0.25) is 0 Å². The molecule has 2 aromatic heterocycles. The number of aromatic nitrogens is 2. The number of nitrogens with one attached hydrogen (secondary N) is 1. The largest absolute Gasteiger partial charge is 0.370 e. The van der Waals surface area contributed by atoms with Crippen LogP contribution in [0.25, 0.3) is 0 Å². The summed E-state index contributed by atoms with van der Waals surface area (Å²) in [5, 5.41) is 2.87. The molecule has 1 fully saturated rings. The average molecular weight is 282 g/mol. The van der Waals surface area contributed by atoms with Crippen LogP contribution in [0, 0.1) is 0 Å². The smallest absolute Gasteiger partial charge is 0.253 e. The van der Waals surface area contributed by atoms with Crippen LogP contribution in [0.1, 0.15) is 28.9 Å². The van der Waals surface area contributed by atoms with Crippen molar-refractivity contribution in [3.63, 3.8) is 0 Å². The molecule has 5 heteroatoms. The Kier molecular flexibility index (Phi) is 4.09. The van der Waals surface area contributed by atoms with E-state index in [0.717, 1.165) is 24.5 Å². The molecule has 0 spiro atoms. The van der Waals surface area contributed by atoms with E-state index in [0.29, 0.717) is 12.1 Å². The first-order valence-corrected chi connectivity index (χ1v) is 7.21. The third-order valence-corrected chi connectivity index (χ3v) is 3.61. The second-order valence-electron chi connectivity index (χ2n) is 5.13. The van der Waals surface area contributed by atoms with Crippen LogP contribution in [0.15, 0.2) is 42.9 Å². The summed E-state index contributed by atoms with van der Waals surface area (Å²) in [6.07, 6.45) is 7.55. The summed E-state index contributed by atoms with van der Waals surface area (Å²) < 4.78 is 0. The third-order valence-electron chi connectivity index (χ3n) is 3.61. The minimum atomic E-state index is -0.116. The van der Waals surface area contributed by atoms with Crippen molar-refractivity contribution in [3.8, 4) is 0 Å². The van der Waals surface area contributed by atoms with E-state index < -0.39 is 0 Å². The summed E-state index contributed by atoms with van der Waals surface area (Å²) >= 11 is 0. The van der Waals surface area contributed by atoms with Crippen molar-refractivity contribution in [2.45, 2.75) is 19.4 Å². The lowest BCUT2D eigenvalue weighted by molar-refractivity contribution is 0.0950. The summed E-state index contributed by atoms with van der Waals surface area (Å²) in [6, 6.07) is 7.56. The average Bonchev–Trinajstić information content (AvgIpc) is 3.08. The standard InChI is InChI=1S/C16H18N4O/c21-16(19-11-14-5-1-2-6-18-14)13-9-15(12-17-10-13)20-7-3-4-8-20/h1-2,5-6,9-10,12H,3-4,7-8,11H2,(H,19,21). The van der Waals surface area contributed by atoms with Gasteiger partial charge >= 0.3 is 0 Å². The van der Waals surface area contributed by atoms with E-state index in [1.807, 2.05) is 30.5 Å². The van der Waals surface area contributed by atoms with Gasteiger partial charge in [0.05, 0.1) is 29.7 Å². The van der Waals surface area contributed by atoms with Gasteiger partial charge < -0.3 is 10.2 Å². The van der Waals surface area contributed by atoms with Crippen LogP contribution in [-0.2, 0) is 6.54 Å². The summed E-state index contributed by atoms with van der Waals surface area (Å²) in [6.45, 7) is 2.51. The minimum absolute atomic E-state index is 0.116. The lowest BCUT2D eigenvalue weighted by Crippen LogP contribution is -2.24. The van der Waals surface area contributed by atoms with E-state index in [9.17, 15) is 4.79 Å². The molecule has 1 amide bonds. The van der Waals surface area contributed by atoms with Gasteiger partial charge in [0, 0.05) is 25.5 Å². The van der Waals surface area contributed by atoms with E-state index in [-0.39, 0.29) is 5.91 Å². The van der Waals surface area contributed by atoms with Crippen LogP contribution in [0.2, 0.25) is 0 Å². The molecule has 1 N–H and O–H groups in total. The van der Waals surface area contributed by atoms with Gasteiger partial charge in [0.25, 0.3) is 5.91 Å². The number of pyridine rings is 2. The maximum absolute atomic E-state index is 12.2. The molecule has 0 aliphatic carbocycles. The minimum Gasteiger partial charge on any atom is -0.370 e. The van der Waals surface area contributed by atoms with Gasteiger partial charge in [-0.05, 0) is 31.0 Å². The number of rotatable bonds is 4. The molecule has 5 nitrogen and oxygen atoms in total. The SMILES string of the molecule is O=C(NCc1ccccn1)c1cncc(N2CCCC2)c1. The van der Waals surface area contributed by atoms with Crippen LogP contribution < -0.4 is 10.2 Å². The quantitative estimate of drug-likeness (QED) is 0.932. The molecule has 3 rings (SSSR count). The van der Waals surface area contributed by atoms with Crippen molar-refractivity contribution in [1.29, 1.82) is 0 Å². The van der Waals surface area contributed by atoms with Crippen molar-refractivity contribution >= 4 is 11.6 Å². The molecule has 2 aromatic rings. The second-order valence-corrected chi connectivity index (χ2v) is 5.13. The first kappa shape index (κ1) is 13.5. The number of hydrogen-bond acceptors (Lipinski definition) is 4. The van der Waals surface area contributed by atoms with Crippen LogP contribution in [0.3, 0.4) is 0 Å². The number of carbonyl (C=O) groups is 1. The van der Waals surface area contributed by atoms with Crippen molar-refractivity contribution in [3.05, 3.63) is 54.1 Å². The highest BCUT2D eigenvalue weighted by molar-refractivity contribution is 5.94. The first-order chi connectivity index (χ1) is 10.3. The molecule has 0 bridgehead atoms. The predicted molar refractivity (Wildman–Crippen MR) is 81.1 cm³/mol. The Bertz CT molecular complexity index is 609. The molecular formula is C16H18N4O. The molecule has 21 heavy (non-hydrogen) atoms. The second kappa shape index (κ2) is 6.35. The van der Waals surface area contributed by atoms with Gasteiger partial charge in [-0.3, -0.25) is 14.8 Å². The third kappa shape index (κ3) is 3.37. The molecule has 0 unspecified atom stereocenters. The number of anilines is 1. The van der Waals surface area contributed by atoms with Crippen LogP contribution in [0.4, 0.5) is 5.69 Å². The Balaban J connectivity index is 1.65.